The summed E-state index contributed by atoms with van der Waals surface area (Å²) < 4.78 is 11.4. The molecule has 0 saturated heterocycles. The molecule has 2 aliphatic heterocycles. The molecule has 6 rings (SSSR count). The Bertz CT molecular complexity index is 1360. The Hall–Kier alpha value is -3.57. The molecule has 1 amide bonds. The van der Waals surface area contributed by atoms with Gasteiger partial charge in [0.05, 0.1) is 10.9 Å². The summed E-state index contributed by atoms with van der Waals surface area (Å²) in [6.07, 6.45) is 0.866. The molecule has 1 atom stereocenters. The predicted molar refractivity (Wildman–Crippen MR) is 135 cm³/mol. The molecule has 0 bridgehead atoms. The van der Waals surface area contributed by atoms with E-state index in [1.165, 1.54) is 28.0 Å². The van der Waals surface area contributed by atoms with Crippen LogP contribution in [0.3, 0.4) is 0 Å². The molecular weight excluding hydrogens is 442 g/mol. The molecular formula is C29H25NO3S. The van der Waals surface area contributed by atoms with Gasteiger partial charge in [0.15, 0.2) is 11.5 Å². The van der Waals surface area contributed by atoms with E-state index in [1.807, 2.05) is 35.2 Å². The molecule has 0 N–H and O–H groups in total. The normalized spacial score (nSPS) is 16.7. The molecule has 34 heavy (non-hydrogen) atoms. The topological polar surface area (TPSA) is 38.8 Å². The van der Waals surface area contributed by atoms with Crippen molar-refractivity contribution in [2.45, 2.75) is 19.4 Å². The van der Waals surface area contributed by atoms with Crippen LogP contribution in [0.5, 0.6) is 11.5 Å². The van der Waals surface area contributed by atoms with Gasteiger partial charge in [0.1, 0.15) is 13.2 Å². The number of rotatable bonds is 3. The lowest BCUT2D eigenvalue weighted by Gasteiger charge is -2.37. The Balaban J connectivity index is 1.34. The third-order valence-electron chi connectivity index (χ3n) is 6.58. The third kappa shape index (κ3) is 3.76. The van der Waals surface area contributed by atoms with Crippen molar-refractivity contribution in [2.75, 3.05) is 19.8 Å². The quantitative estimate of drug-likeness (QED) is 0.356. The first-order chi connectivity index (χ1) is 16.7. The minimum Gasteiger partial charge on any atom is -0.486 e. The van der Waals surface area contributed by atoms with Gasteiger partial charge in [0.25, 0.3) is 5.91 Å². The highest BCUT2D eigenvalue weighted by molar-refractivity contribution is 7.17. The van der Waals surface area contributed by atoms with Gasteiger partial charge in [-0.2, -0.15) is 0 Å². The van der Waals surface area contributed by atoms with Crippen molar-refractivity contribution < 1.29 is 14.3 Å². The van der Waals surface area contributed by atoms with Crippen LogP contribution in [0, 0.1) is 6.92 Å². The molecule has 4 aromatic rings. The zero-order valence-electron chi connectivity index (χ0n) is 19.0. The highest BCUT2D eigenvalue weighted by atomic mass is 32.1. The van der Waals surface area contributed by atoms with Crippen molar-refractivity contribution in [3.63, 3.8) is 0 Å². The summed E-state index contributed by atoms with van der Waals surface area (Å²) in [5.41, 5.74) is 5.94. The maximum atomic E-state index is 13.8. The molecule has 1 unspecified atom stereocenters. The molecule has 0 fully saturated rings. The molecule has 2 aliphatic rings. The molecule has 0 aliphatic carbocycles. The van der Waals surface area contributed by atoms with Gasteiger partial charge in [0, 0.05) is 11.4 Å². The Kier molecular flexibility index (Phi) is 5.34. The van der Waals surface area contributed by atoms with Gasteiger partial charge in [-0.3, -0.25) is 4.79 Å². The second kappa shape index (κ2) is 8.65. The number of thiophene rings is 1. The summed E-state index contributed by atoms with van der Waals surface area (Å²) in [5, 5.41) is 0. The maximum Gasteiger partial charge on any atom is 0.264 e. The zero-order chi connectivity index (χ0) is 23.1. The first-order valence-electron chi connectivity index (χ1n) is 11.6. The molecule has 0 radical (unpaired) electrons. The number of ether oxygens (including phenoxy) is 2. The summed E-state index contributed by atoms with van der Waals surface area (Å²) in [6, 6.07) is 26.9. The van der Waals surface area contributed by atoms with Crippen molar-refractivity contribution in [2.24, 2.45) is 0 Å². The summed E-state index contributed by atoms with van der Waals surface area (Å²) in [4.78, 5) is 17.7. The number of benzene rings is 3. The van der Waals surface area contributed by atoms with E-state index >= 15 is 0 Å². The fraction of sp³-hybridized carbons (Fsp3) is 0.207. The summed E-state index contributed by atoms with van der Waals surface area (Å²) >= 11 is 1.53. The molecule has 170 valence electrons. The molecule has 3 aromatic carbocycles. The minimum absolute atomic E-state index is 0.0777. The molecule has 0 saturated carbocycles. The zero-order valence-corrected chi connectivity index (χ0v) is 19.8. The van der Waals surface area contributed by atoms with E-state index in [0.717, 1.165) is 38.8 Å². The minimum atomic E-state index is -0.0853. The number of carbonyl (C=O) groups is 1. The molecule has 0 spiro atoms. The smallest absolute Gasteiger partial charge is 0.264 e. The van der Waals surface area contributed by atoms with E-state index in [0.29, 0.717) is 19.8 Å². The van der Waals surface area contributed by atoms with E-state index in [2.05, 4.69) is 55.5 Å². The Morgan fingerprint density at radius 3 is 2.56 bits per heavy atom. The van der Waals surface area contributed by atoms with Gasteiger partial charge < -0.3 is 14.4 Å². The van der Waals surface area contributed by atoms with Crippen LogP contribution in [0.4, 0.5) is 0 Å². The van der Waals surface area contributed by atoms with Crippen LogP contribution in [0.15, 0.2) is 78.9 Å². The predicted octanol–water partition coefficient (Wildman–Crippen LogP) is 6.28. The van der Waals surface area contributed by atoms with Gasteiger partial charge in [-0.1, -0.05) is 54.1 Å². The van der Waals surface area contributed by atoms with Crippen LogP contribution in [0.25, 0.3) is 10.4 Å². The van der Waals surface area contributed by atoms with Gasteiger partial charge in [0.2, 0.25) is 0 Å². The van der Waals surface area contributed by atoms with E-state index in [-0.39, 0.29) is 11.9 Å². The van der Waals surface area contributed by atoms with E-state index < -0.39 is 0 Å². The van der Waals surface area contributed by atoms with Crippen molar-refractivity contribution >= 4 is 17.2 Å². The van der Waals surface area contributed by atoms with Gasteiger partial charge in [-0.15, -0.1) is 11.3 Å². The van der Waals surface area contributed by atoms with Crippen molar-refractivity contribution in [3.8, 4) is 21.9 Å². The molecule has 5 heteroatoms. The van der Waals surface area contributed by atoms with Crippen molar-refractivity contribution in [3.05, 3.63) is 106 Å². The monoisotopic (exact) mass is 467 g/mol. The Morgan fingerprint density at radius 2 is 1.71 bits per heavy atom. The summed E-state index contributed by atoms with van der Waals surface area (Å²) in [7, 11) is 0. The number of aryl methyl sites for hydroxylation is 1. The second-order valence-electron chi connectivity index (χ2n) is 8.78. The largest absolute Gasteiger partial charge is 0.486 e. The average molecular weight is 468 g/mol. The fourth-order valence-corrected chi connectivity index (χ4v) is 5.80. The average Bonchev–Trinajstić information content (AvgIpc) is 3.38. The maximum absolute atomic E-state index is 13.8. The summed E-state index contributed by atoms with van der Waals surface area (Å²) in [5.74, 6) is 1.61. The van der Waals surface area contributed by atoms with Gasteiger partial charge in [-0.05, 0) is 65.9 Å². The highest BCUT2D eigenvalue weighted by Crippen LogP contribution is 2.39. The highest BCUT2D eigenvalue weighted by Gasteiger charge is 2.33. The van der Waals surface area contributed by atoms with Crippen LogP contribution in [0.2, 0.25) is 0 Å². The fourth-order valence-electron chi connectivity index (χ4n) is 4.84. The number of nitrogens with zero attached hydrogens (tertiary/aromatic N) is 1. The van der Waals surface area contributed by atoms with Crippen molar-refractivity contribution in [1.29, 1.82) is 0 Å². The van der Waals surface area contributed by atoms with Crippen molar-refractivity contribution in [1.82, 2.24) is 4.90 Å². The third-order valence-corrected chi connectivity index (χ3v) is 7.70. The lowest BCUT2D eigenvalue weighted by Crippen LogP contribution is -2.40. The lowest BCUT2D eigenvalue weighted by molar-refractivity contribution is 0.0699. The van der Waals surface area contributed by atoms with Crippen LogP contribution in [-0.2, 0) is 6.42 Å². The molecule has 3 heterocycles. The lowest BCUT2D eigenvalue weighted by atomic mass is 9.88. The molecule has 4 nitrogen and oxygen atoms in total. The SMILES string of the molecule is Cc1ccc(C2c3ccccc3CCN2C(=O)c2ccc(-c3ccc4c(c3)OCCO4)s2)cc1. The first kappa shape index (κ1) is 21.0. The standard InChI is InChI=1S/C29H25NO3S/c1-19-6-8-21(9-7-19)28-23-5-3-2-4-20(23)14-15-30(28)29(31)27-13-12-26(34-27)22-10-11-24-25(18-22)33-17-16-32-24/h2-13,18,28H,14-17H2,1H3. The van der Waals surface area contributed by atoms with Crippen LogP contribution < -0.4 is 9.47 Å². The van der Waals surface area contributed by atoms with Crippen LogP contribution in [0.1, 0.15) is 38.0 Å². The number of amides is 1. The van der Waals surface area contributed by atoms with E-state index in [9.17, 15) is 4.79 Å². The summed E-state index contributed by atoms with van der Waals surface area (Å²) in [6.45, 7) is 3.92. The number of carbonyl (C=O) groups excluding carboxylic acids is 1. The Labute approximate surface area is 203 Å². The Morgan fingerprint density at radius 1 is 0.912 bits per heavy atom. The van der Waals surface area contributed by atoms with E-state index in [1.54, 1.807) is 0 Å². The van der Waals surface area contributed by atoms with Gasteiger partial charge >= 0.3 is 0 Å². The number of hydrogen-bond donors (Lipinski definition) is 0. The van der Waals surface area contributed by atoms with Crippen LogP contribution in [-0.4, -0.2) is 30.6 Å². The molecule has 1 aromatic heterocycles. The first-order valence-corrected chi connectivity index (χ1v) is 12.4. The van der Waals surface area contributed by atoms with E-state index in [4.69, 9.17) is 9.47 Å². The second-order valence-corrected chi connectivity index (χ2v) is 9.87. The number of hydrogen-bond acceptors (Lipinski definition) is 4. The van der Waals surface area contributed by atoms with Gasteiger partial charge in [-0.25, -0.2) is 0 Å². The van der Waals surface area contributed by atoms with Crippen LogP contribution >= 0.6 is 11.3 Å². The number of fused-ring (bicyclic) bond motifs is 2.